The van der Waals surface area contributed by atoms with Gasteiger partial charge in [-0.1, -0.05) is 18.2 Å². The van der Waals surface area contributed by atoms with Gasteiger partial charge in [0.25, 0.3) is 0 Å². The van der Waals surface area contributed by atoms with E-state index in [2.05, 4.69) is 0 Å². The number of anilines is 1. The number of para-hydroxylation sites is 1. The summed E-state index contributed by atoms with van der Waals surface area (Å²) in [6.07, 6.45) is 0.922. The lowest BCUT2D eigenvalue weighted by Gasteiger charge is -2.24. The molecule has 0 fully saturated rings. The van der Waals surface area contributed by atoms with E-state index >= 15 is 0 Å². The lowest BCUT2D eigenvalue weighted by Crippen LogP contribution is -2.36. The van der Waals surface area contributed by atoms with Crippen LogP contribution in [0, 0.1) is 0 Å². The quantitative estimate of drug-likeness (QED) is 0.889. The molecule has 94 valence electrons. The van der Waals surface area contributed by atoms with Gasteiger partial charge in [-0.05, 0) is 31.4 Å². The van der Waals surface area contributed by atoms with Crippen molar-refractivity contribution < 1.29 is 13.5 Å². The third kappa shape index (κ3) is 1.57. The summed E-state index contributed by atoms with van der Waals surface area (Å²) in [6.45, 7) is 1.75. The Bertz CT molecular complexity index is 526. The summed E-state index contributed by atoms with van der Waals surface area (Å²) >= 11 is 0. The van der Waals surface area contributed by atoms with Crippen LogP contribution < -0.4 is 4.31 Å². The highest BCUT2D eigenvalue weighted by Gasteiger charge is 2.50. The fraction of sp³-hybridized carbons (Fsp3) is 0.500. The number of hydrogen-bond donors (Lipinski definition) is 1. The third-order valence-electron chi connectivity index (χ3n) is 3.55. The van der Waals surface area contributed by atoms with E-state index in [0.29, 0.717) is 12.8 Å². The molecule has 1 aromatic rings. The largest absolute Gasteiger partial charge is 0.396 e. The SMILES string of the molecule is CN1c2ccccc2C(C)(CCCO)S1(=O)=O. The second-order valence-electron chi connectivity index (χ2n) is 4.55. The third-order valence-corrected chi connectivity index (χ3v) is 6.04. The van der Waals surface area contributed by atoms with Gasteiger partial charge in [0.1, 0.15) is 4.75 Å². The molecule has 1 unspecified atom stereocenters. The van der Waals surface area contributed by atoms with Gasteiger partial charge in [0.05, 0.1) is 5.69 Å². The van der Waals surface area contributed by atoms with E-state index < -0.39 is 14.8 Å². The first-order valence-electron chi connectivity index (χ1n) is 5.64. The minimum absolute atomic E-state index is 0.0109. The average molecular weight is 255 g/mol. The van der Waals surface area contributed by atoms with Gasteiger partial charge >= 0.3 is 0 Å². The van der Waals surface area contributed by atoms with Crippen molar-refractivity contribution in [3.05, 3.63) is 29.8 Å². The minimum atomic E-state index is -3.37. The maximum atomic E-state index is 12.4. The summed E-state index contributed by atoms with van der Waals surface area (Å²) < 4.78 is 25.3. The number of sulfonamides is 1. The molecule has 0 aromatic heterocycles. The Morgan fingerprint density at radius 2 is 2.00 bits per heavy atom. The normalized spacial score (nSPS) is 25.9. The zero-order valence-electron chi connectivity index (χ0n) is 10.0. The van der Waals surface area contributed by atoms with Crippen molar-refractivity contribution in [1.82, 2.24) is 0 Å². The van der Waals surface area contributed by atoms with Crippen LogP contribution in [0.5, 0.6) is 0 Å². The standard InChI is InChI=1S/C12H17NO3S/c1-12(8-5-9-14)10-6-3-4-7-11(10)13(2)17(12,15)16/h3-4,6-7,14H,5,8-9H2,1-2H3. The highest BCUT2D eigenvalue weighted by atomic mass is 32.2. The Morgan fingerprint density at radius 1 is 1.35 bits per heavy atom. The predicted molar refractivity (Wildman–Crippen MR) is 67.4 cm³/mol. The summed E-state index contributed by atoms with van der Waals surface area (Å²) in [4.78, 5) is 0. The van der Waals surface area contributed by atoms with Crippen molar-refractivity contribution >= 4 is 15.7 Å². The Balaban J connectivity index is 2.58. The molecule has 2 rings (SSSR count). The predicted octanol–water partition coefficient (Wildman–Crippen LogP) is 1.45. The van der Waals surface area contributed by atoms with Gasteiger partial charge in [0.2, 0.25) is 10.0 Å². The van der Waals surface area contributed by atoms with Crippen LogP contribution in [0.15, 0.2) is 24.3 Å². The maximum Gasteiger partial charge on any atom is 0.244 e. The van der Waals surface area contributed by atoms with E-state index in [-0.39, 0.29) is 6.61 Å². The van der Waals surface area contributed by atoms with E-state index in [9.17, 15) is 8.42 Å². The summed E-state index contributed by atoms with van der Waals surface area (Å²) in [5, 5.41) is 8.92. The molecule has 1 N–H and O–H groups in total. The molecule has 0 amide bonds. The first kappa shape index (κ1) is 12.4. The summed E-state index contributed by atoms with van der Waals surface area (Å²) in [5.41, 5.74) is 1.57. The molecule has 5 heteroatoms. The van der Waals surface area contributed by atoms with Gasteiger partial charge in [-0.25, -0.2) is 8.42 Å². The molecule has 0 aliphatic carbocycles. The molecule has 1 aliphatic heterocycles. The average Bonchev–Trinajstić information content (AvgIpc) is 2.48. The molecule has 1 aromatic carbocycles. The summed E-state index contributed by atoms with van der Waals surface area (Å²) in [6, 6.07) is 7.36. The van der Waals surface area contributed by atoms with Gasteiger partial charge < -0.3 is 5.11 Å². The summed E-state index contributed by atoms with van der Waals surface area (Å²) in [5.74, 6) is 0. The fourth-order valence-corrected chi connectivity index (χ4v) is 4.32. The number of aliphatic hydroxyl groups excluding tert-OH is 1. The first-order chi connectivity index (χ1) is 7.95. The van der Waals surface area contributed by atoms with E-state index in [1.54, 1.807) is 14.0 Å². The lowest BCUT2D eigenvalue weighted by molar-refractivity contribution is 0.277. The highest BCUT2D eigenvalue weighted by molar-refractivity contribution is 7.94. The maximum absolute atomic E-state index is 12.4. The second kappa shape index (κ2) is 3.99. The topological polar surface area (TPSA) is 57.6 Å². The van der Waals surface area contributed by atoms with Crippen LogP contribution in [-0.4, -0.2) is 27.2 Å². The second-order valence-corrected chi connectivity index (χ2v) is 6.95. The van der Waals surface area contributed by atoms with Crippen LogP contribution in [0.3, 0.4) is 0 Å². The smallest absolute Gasteiger partial charge is 0.244 e. The van der Waals surface area contributed by atoms with Crippen LogP contribution in [0.25, 0.3) is 0 Å². The highest BCUT2D eigenvalue weighted by Crippen LogP contribution is 2.48. The molecular formula is C12H17NO3S. The summed E-state index contributed by atoms with van der Waals surface area (Å²) in [7, 11) is -1.79. The molecule has 17 heavy (non-hydrogen) atoms. The molecule has 1 heterocycles. The monoisotopic (exact) mass is 255 g/mol. The van der Waals surface area contributed by atoms with Gasteiger partial charge in [-0.15, -0.1) is 0 Å². The van der Waals surface area contributed by atoms with Crippen molar-refractivity contribution in [2.75, 3.05) is 18.0 Å². The molecule has 0 saturated carbocycles. The van der Waals surface area contributed by atoms with Gasteiger partial charge in [0.15, 0.2) is 0 Å². The number of hydrogen-bond acceptors (Lipinski definition) is 3. The van der Waals surface area contributed by atoms with Crippen molar-refractivity contribution in [1.29, 1.82) is 0 Å². The molecule has 0 saturated heterocycles. The number of benzene rings is 1. The van der Waals surface area contributed by atoms with Gasteiger partial charge in [-0.2, -0.15) is 0 Å². The Hall–Kier alpha value is -1.07. The first-order valence-corrected chi connectivity index (χ1v) is 7.08. The van der Waals surface area contributed by atoms with Crippen molar-refractivity contribution in [3.63, 3.8) is 0 Å². The Labute approximate surface area is 102 Å². The Morgan fingerprint density at radius 3 is 2.65 bits per heavy atom. The molecule has 4 nitrogen and oxygen atoms in total. The number of rotatable bonds is 3. The zero-order valence-corrected chi connectivity index (χ0v) is 10.9. The van der Waals surface area contributed by atoms with Crippen LogP contribution in [0.2, 0.25) is 0 Å². The number of aliphatic hydroxyl groups is 1. The van der Waals surface area contributed by atoms with E-state index in [4.69, 9.17) is 5.11 Å². The van der Waals surface area contributed by atoms with Crippen LogP contribution in [0.1, 0.15) is 25.3 Å². The van der Waals surface area contributed by atoms with Crippen LogP contribution in [-0.2, 0) is 14.8 Å². The number of fused-ring (bicyclic) bond motifs is 1. The van der Waals surface area contributed by atoms with Gasteiger partial charge in [0, 0.05) is 13.7 Å². The van der Waals surface area contributed by atoms with E-state index in [1.807, 2.05) is 24.3 Å². The molecule has 1 aliphatic rings. The minimum Gasteiger partial charge on any atom is -0.396 e. The van der Waals surface area contributed by atoms with E-state index in [0.717, 1.165) is 11.3 Å². The van der Waals surface area contributed by atoms with Crippen LogP contribution >= 0.6 is 0 Å². The Kier molecular flexibility index (Phi) is 2.91. The van der Waals surface area contributed by atoms with Gasteiger partial charge in [-0.3, -0.25) is 4.31 Å². The zero-order chi connectivity index (χ0) is 12.7. The van der Waals surface area contributed by atoms with Crippen molar-refractivity contribution in [3.8, 4) is 0 Å². The van der Waals surface area contributed by atoms with E-state index in [1.165, 1.54) is 4.31 Å². The molecule has 1 atom stereocenters. The molecular weight excluding hydrogens is 238 g/mol. The molecule has 0 spiro atoms. The number of nitrogens with zero attached hydrogens (tertiary/aromatic N) is 1. The molecule has 0 radical (unpaired) electrons. The van der Waals surface area contributed by atoms with Crippen molar-refractivity contribution in [2.24, 2.45) is 0 Å². The fourth-order valence-electron chi connectivity index (χ4n) is 2.45. The molecule has 0 bridgehead atoms. The lowest BCUT2D eigenvalue weighted by atomic mass is 9.94. The van der Waals surface area contributed by atoms with Crippen LogP contribution in [0.4, 0.5) is 5.69 Å². The van der Waals surface area contributed by atoms with Crippen molar-refractivity contribution in [2.45, 2.75) is 24.5 Å².